The number of β-amino-alcohol motifs (C(OH)–C–C–N with tert-alkyl or cyclic N) is 1. The van der Waals surface area contributed by atoms with Crippen LogP contribution in [0.25, 0.3) is 0 Å². The maximum Gasteiger partial charge on any atom is 0.147 e. The van der Waals surface area contributed by atoms with E-state index >= 15 is 0 Å². The van der Waals surface area contributed by atoms with Gasteiger partial charge in [-0.05, 0) is 31.9 Å². The van der Waals surface area contributed by atoms with E-state index in [0.29, 0.717) is 13.1 Å². The van der Waals surface area contributed by atoms with Crippen LogP contribution in [0, 0.1) is 0 Å². The van der Waals surface area contributed by atoms with Gasteiger partial charge in [-0.1, -0.05) is 35.5 Å². The Morgan fingerprint density at radius 3 is 2.75 bits per heavy atom. The van der Waals surface area contributed by atoms with Crippen molar-refractivity contribution in [3.63, 3.8) is 0 Å². The van der Waals surface area contributed by atoms with E-state index in [0.717, 1.165) is 24.9 Å². The number of oxime groups is 1. The Morgan fingerprint density at radius 1 is 1.45 bits per heavy atom. The van der Waals surface area contributed by atoms with Gasteiger partial charge < -0.3 is 16.0 Å². The van der Waals surface area contributed by atoms with E-state index in [4.69, 9.17) is 10.9 Å². The molecule has 5 nitrogen and oxygen atoms in total. The molecule has 5 heteroatoms. The number of amidine groups is 1. The molecule has 20 heavy (non-hydrogen) atoms. The number of rotatable bonds is 4. The lowest BCUT2D eigenvalue weighted by Crippen LogP contribution is -2.48. The summed E-state index contributed by atoms with van der Waals surface area (Å²) in [5.41, 5.74) is 6.22. The van der Waals surface area contributed by atoms with Crippen molar-refractivity contribution in [2.75, 3.05) is 19.6 Å². The highest BCUT2D eigenvalue weighted by Gasteiger charge is 2.30. The van der Waals surface area contributed by atoms with E-state index in [9.17, 15) is 5.11 Å². The number of likely N-dealkylation sites (tertiary alicyclic amines) is 1. The Balaban J connectivity index is 2.13. The molecule has 0 spiro atoms. The van der Waals surface area contributed by atoms with Gasteiger partial charge in [0, 0.05) is 13.1 Å². The molecule has 1 fully saturated rings. The van der Waals surface area contributed by atoms with Crippen LogP contribution in [0.5, 0.6) is 0 Å². The lowest BCUT2D eigenvalue weighted by molar-refractivity contribution is -0.0157. The van der Waals surface area contributed by atoms with E-state index in [1.807, 2.05) is 37.3 Å². The van der Waals surface area contributed by atoms with Gasteiger partial charge in [-0.25, -0.2) is 0 Å². The number of benzene rings is 1. The van der Waals surface area contributed by atoms with Crippen molar-refractivity contribution < 1.29 is 10.3 Å². The summed E-state index contributed by atoms with van der Waals surface area (Å²) in [7, 11) is 0. The molecule has 1 heterocycles. The van der Waals surface area contributed by atoms with Crippen LogP contribution >= 0.6 is 0 Å². The van der Waals surface area contributed by atoms with Gasteiger partial charge in [0.15, 0.2) is 0 Å². The highest BCUT2D eigenvalue weighted by molar-refractivity contribution is 5.87. The van der Waals surface area contributed by atoms with Crippen LogP contribution in [0.1, 0.15) is 31.2 Å². The zero-order valence-electron chi connectivity index (χ0n) is 11.9. The molecule has 2 unspecified atom stereocenters. The Morgan fingerprint density at radius 2 is 2.15 bits per heavy atom. The average Bonchev–Trinajstić information content (AvgIpc) is 2.44. The van der Waals surface area contributed by atoms with Gasteiger partial charge >= 0.3 is 0 Å². The van der Waals surface area contributed by atoms with Crippen LogP contribution in [0.4, 0.5) is 0 Å². The van der Waals surface area contributed by atoms with Crippen molar-refractivity contribution in [2.45, 2.75) is 31.3 Å². The molecule has 1 aromatic carbocycles. The monoisotopic (exact) mass is 277 g/mol. The second kappa shape index (κ2) is 6.24. The zero-order valence-corrected chi connectivity index (χ0v) is 11.9. The molecule has 4 N–H and O–H groups in total. The van der Waals surface area contributed by atoms with Crippen molar-refractivity contribution in [1.29, 1.82) is 0 Å². The predicted molar refractivity (Wildman–Crippen MR) is 78.9 cm³/mol. The predicted octanol–water partition coefficient (Wildman–Crippen LogP) is 1.36. The molecule has 0 radical (unpaired) electrons. The van der Waals surface area contributed by atoms with Gasteiger partial charge in [0.2, 0.25) is 0 Å². The largest absolute Gasteiger partial charge is 0.409 e. The van der Waals surface area contributed by atoms with E-state index in [1.165, 1.54) is 0 Å². The Kier molecular flexibility index (Phi) is 4.62. The zero-order chi connectivity index (χ0) is 14.6. The first kappa shape index (κ1) is 14.8. The molecule has 0 aliphatic carbocycles. The third-order valence-corrected chi connectivity index (χ3v) is 3.87. The Hall–Kier alpha value is -1.59. The highest BCUT2D eigenvalue weighted by Crippen LogP contribution is 2.24. The molecule has 1 aromatic rings. The van der Waals surface area contributed by atoms with Crippen LogP contribution in [-0.2, 0) is 0 Å². The molecule has 1 aliphatic rings. The standard InChI is InChI=1S/C15H23N3O2/c1-15(19)8-5-9-18(11-15)10-13(14(16)17-20)12-6-3-2-4-7-12/h2-4,6-7,13,19-20H,5,8-11H2,1H3,(H2,16,17). The molecule has 1 aliphatic heterocycles. The van der Waals surface area contributed by atoms with Gasteiger partial charge in [0.25, 0.3) is 0 Å². The third kappa shape index (κ3) is 3.71. The number of nitrogens with zero attached hydrogens (tertiary/aromatic N) is 2. The first-order chi connectivity index (χ1) is 9.52. The summed E-state index contributed by atoms with van der Waals surface area (Å²) < 4.78 is 0. The van der Waals surface area contributed by atoms with E-state index in [1.54, 1.807) is 0 Å². The second-order valence-electron chi connectivity index (χ2n) is 5.82. The molecule has 110 valence electrons. The normalized spacial score (nSPS) is 26.4. The van der Waals surface area contributed by atoms with Crippen LogP contribution in [0.15, 0.2) is 35.5 Å². The molecule has 0 saturated carbocycles. The highest BCUT2D eigenvalue weighted by atomic mass is 16.4. The number of hydrogen-bond donors (Lipinski definition) is 3. The summed E-state index contributed by atoms with van der Waals surface area (Å²) >= 11 is 0. The fourth-order valence-corrected chi connectivity index (χ4v) is 2.86. The first-order valence-corrected chi connectivity index (χ1v) is 6.99. The minimum atomic E-state index is -0.648. The van der Waals surface area contributed by atoms with E-state index in [2.05, 4.69) is 10.1 Å². The van der Waals surface area contributed by atoms with Crippen molar-refractivity contribution in [3.05, 3.63) is 35.9 Å². The molecular formula is C15H23N3O2. The fraction of sp³-hybridized carbons (Fsp3) is 0.533. The summed E-state index contributed by atoms with van der Waals surface area (Å²) in [6.45, 7) is 4.06. The molecule has 2 atom stereocenters. The molecular weight excluding hydrogens is 254 g/mol. The molecule has 0 aromatic heterocycles. The van der Waals surface area contributed by atoms with Gasteiger partial charge in [-0.15, -0.1) is 0 Å². The summed E-state index contributed by atoms with van der Waals surface area (Å²) in [6.07, 6.45) is 1.79. The average molecular weight is 277 g/mol. The molecule has 1 saturated heterocycles. The minimum Gasteiger partial charge on any atom is -0.409 e. The van der Waals surface area contributed by atoms with E-state index < -0.39 is 5.60 Å². The first-order valence-electron chi connectivity index (χ1n) is 6.99. The SMILES string of the molecule is CC1(O)CCCN(CC(/C(N)=N/O)c2ccccc2)C1. The lowest BCUT2D eigenvalue weighted by Gasteiger charge is -2.38. The van der Waals surface area contributed by atoms with Crippen molar-refractivity contribution in [1.82, 2.24) is 4.90 Å². The van der Waals surface area contributed by atoms with Gasteiger partial charge in [-0.2, -0.15) is 0 Å². The summed E-state index contributed by atoms with van der Waals surface area (Å²) in [5.74, 6) is 0.0523. The number of hydrogen-bond acceptors (Lipinski definition) is 4. The lowest BCUT2D eigenvalue weighted by atomic mass is 9.92. The second-order valence-corrected chi connectivity index (χ2v) is 5.82. The fourth-order valence-electron chi connectivity index (χ4n) is 2.86. The van der Waals surface area contributed by atoms with Gasteiger partial charge in [0.05, 0.1) is 11.5 Å². The van der Waals surface area contributed by atoms with Crippen molar-refractivity contribution in [2.24, 2.45) is 10.9 Å². The molecule has 0 bridgehead atoms. The Bertz CT molecular complexity index is 459. The van der Waals surface area contributed by atoms with Crippen LogP contribution in [0.2, 0.25) is 0 Å². The topological polar surface area (TPSA) is 82.1 Å². The summed E-state index contributed by atoms with van der Waals surface area (Å²) in [5, 5.41) is 22.3. The third-order valence-electron chi connectivity index (χ3n) is 3.87. The number of aliphatic hydroxyl groups is 1. The summed E-state index contributed by atoms with van der Waals surface area (Å²) in [4.78, 5) is 2.18. The maximum absolute atomic E-state index is 10.2. The number of piperidine rings is 1. The van der Waals surface area contributed by atoms with Gasteiger partial charge in [-0.3, -0.25) is 4.90 Å². The number of nitrogens with two attached hydrogens (primary N) is 1. The van der Waals surface area contributed by atoms with Crippen molar-refractivity contribution in [3.8, 4) is 0 Å². The minimum absolute atomic E-state index is 0.157. The molecule has 0 amide bonds. The van der Waals surface area contributed by atoms with Crippen LogP contribution < -0.4 is 5.73 Å². The smallest absolute Gasteiger partial charge is 0.147 e. The van der Waals surface area contributed by atoms with Gasteiger partial charge in [0.1, 0.15) is 5.84 Å². The quantitative estimate of drug-likeness (QED) is 0.336. The molecule has 2 rings (SSSR count). The Labute approximate surface area is 119 Å². The van der Waals surface area contributed by atoms with Crippen LogP contribution in [0.3, 0.4) is 0 Å². The summed E-state index contributed by atoms with van der Waals surface area (Å²) in [6, 6.07) is 9.78. The van der Waals surface area contributed by atoms with Crippen LogP contribution in [-0.4, -0.2) is 46.3 Å². The van der Waals surface area contributed by atoms with Crippen molar-refractivity contribution >= 4 is 5.84 Å². The maximum atomic E-state index is 10.2. The van der Waals surface area contributed by atoms with E-state index in [-0.39, 0.29) is 11.8 Å².